The molecule has 1 aromatic rings. The minimum Gasteiger partial charge on any atom is -0.465 e. The molecule has 1 saturated heterocycles. The predicted molar refractivity (Wildman–Crippen MR) is 88.2 cm³/mol. The summed E-state index contributed by atoms with van der Waals surface area (Å²) >= 11 is 6.01. The smallest absolute Gasteiger partial charge is 0.337 e. The maximum atomic E-state index is 12.3. The van der Waals surface area contributed by atoms with Gasteiger partial charge < -0.3 is 10.1 Å². The molecule has 1 aliphatic rings. The lowest BCUT2D eigenvalue weighted by atomic mass is 9.96. The van der Waals surface area contributed by atoms with E-state index in [2.05, 4.69) is 14.8 Å². The lowest BCUT2D eigenvalue weighted by Gasteiger charge is -2.22. The number of nitrogens with one attached hydrogen (secondary N) is 2. The summed E-state index contributed by atoms with van der Waals surface area (Å²) in [4.78, 5) is 11.4. The number of halogens is 1. The van der Waals surface area contributed by atoms with Crippen LogP contribution in [0.3, 0.4) is 0 Å². The van der Waals surface area contributed by atoms with Gasteiger partial charge in [0.15, 0.2) is 0 Å². The van der Waals surface area contributed by atoms with Crippen LogP contribution in [0.2, 0.25) is 5.02 Å². The lowest BCUT2D eigenvalue weighted by molar-refractivity contribution is 0.0600. The predicted octanol–water partition coefficient (Wildman–Crippen LogP) is 1.79. The third-order valence-electron chi connectivity index (χ3n) is 3.89. The minimum atomic E-state index is -3.70. The van der Waals surface area contributed by atoms with Crippen molar-refractivity contribution in [1.82, 2.24) is 10.0 Å². The van der Waals surface area contributed by atoms with E-state index in [1.807, 2.05) is 0 Å². The summed E-state index contributed by atoms with van der Waals surface area (Å²) in [6, 6.07) is 4.00. The van der Waals surface area contributed by atoms with Crippen LogP contribution in [0.1, 0.15) is 29.6 Å². The molecule has 1 atom stereocenters. The molecule has 2 rings (SSSR count). The molecule has 0 aromatic heterocycles. The summed E-state index contributed by atoms with van der Waals surface area (Å²) < 4.78 is 31.8. The van der Waals surface area contributed by atoms with Crippen molar-refractivity contribution in [3.63, 3.8) is 0 Å². The lowest BCUT2D eigenvalue weighted by Crippen LogP contribution is -2.33. The molecular weight excluding hydrogens is 340 g/mol. The first-order valence-corrected chi connectivity index (χ1v) is 9.38. The molecule has 0 amide bonds. The molecule has 0 spiro atoms. The summed E-state index contributed by atoms with van der Waals surface area (Å²) in [5, 5.41) is 3.30. The number of hydrogen-bond donors (Lipinski definition) is 2. The third-order valence-corrected chi connectivity index (χ3v) is 5.83. The van der Waals surface area contributed by atoms with Crippen molar-refractivity contribution in [2.45, 2.75) is 24.2 Å². The van der Waals surface area contributed by atoms with E-state index in [9.17, 15) is 13.2 Å². The molecule has 1 aliphatic heterocycles. The molecule has 0 bridgehead atoms. The molecular formula is C15H21ClN2O4S. The number of rotatable bonds is 6. The zero-order valence-electron chi connectivity index (χ0n) is 13.0. The number of benzene rings is 1. The van der Waals surface area contributed by atoms with Crippen LogP contribution >= 0.6 is 11.6 Å². The number of carbonyl (C=O) groups excluding carboxylic acids is 1. The van der Waals surface area contributed by atoms with Crippen molar-refractivity contribution >= 4 is 27.6 Å². The molecule has 0 saturated carbocycles. The Bertz CT molecular complexity index is 657. The van der Waals surface area contributed by atoms with Gasteiger partial charge in [0.25, 0.3) is 0 Å². The van der Waals surface area contributed by atoms with E-state index in [0.29, 0.717) is 12.5 Å². The summed E-state index contributed by atoms with van der Waals surface area (Å²) in [6.45, 7) is 2.32. The van der Waals surface area contributed by atoms with Gasteiger partial charge in [0.2, 0.25) is 10.0 Å². The average Bonchev–Trinajstić information content (AvgIpc) is 2.54. The fraction of sp³-hybridized carbons (Fsp3) is 0.533. The van der Waals surface area contributed by atoms with Gasteiger partial charge in [-0.05, 0) is 56.5 Å². The normalized spacial score (nSPS) is 18.6. The van der Waals surface area contributed by atoms with E-state index < -0.39 is 16.0 Å². The van der Waals surface area contributed by atoms with Gasteiger partial charge >= 0.3 is 5.97 Å². The van der Waals surface area contributed by atoms with Crippen LogP contribution in [0.25, 0.3) is 0 Å². The number of piperidine rings is 1. The topological polar surface area (TPSA) is 84.5 Å². The molecule has 1 heterocycles. The Morgan fingerprint density at radius 1 is 1.48 bits per heavy atom. The Hall–Kier alpha value is -1.15. The first kappa shape index (κ1) is 18.2. The van der Waals surface area contributed by atoms with Crippen LogP contribution < -0.4 is 10.0 Å². The number of methoxy groups -OCH3 is 1. The number of sulfonamides is 1. The zero-order valence-corrected chi connectivity index (χ0v) is 14.5. The van der Waals surface area contributed by atoms with Gasteiger partial charge in [-0.3, -0.25) is 0 Å². The maximum Gasteiger partial charge on any atom is 0.337 e. The Balaban J connectivity index is 1.99. The van der Waals surface area contributed by atoms with Gasteiger partial charge in [-0.1, -0.05) is 11.6 Å². The Labute approximate surface area is 141 Å². The Morgan fingerprint density at radius 3 is 2.87 bits per heavy atom. The molecule has 0 radical (unpaired) electrons. The number of carbonyl (C=O) groups is 1. The standard InChI is InChI=1S/C15H21ClN2O4S/c1-22-15(19)12-4-5-14(13(16)9-12)23(20,21)18-8-6-11-3-2-7-17-10-11/h4-5,9,11,17-18H,2-3,6-8,10H2,1H3. The monoisotopic (exact) mass is 360 g/mol. The van der Waals surface area contributed by atoms with Gasteiger partial charge in [-0.2, -0.15) is 0 Å². The Morgan fingerprint density at radius 2 is 2.26 bits per heavy atom. The first-order chi connectivity index (χ1) is 10.9. The zero-order chi connectivity index (χ0) is 16.9. The SMILES string of the molecule is COC(=O)c1ccc(S(=O)(=O)NCCC2CCCNC2)c(Cl)c1. The first-order valence-electron chi connectivity index (χ1n) is 7.52. The van der Waals surface area contributed by atoms with Crippen LogP contribution in [-0.4, -0.2) is 41.1 Å². The van der Waals surface area contributed by atoms with Crippen molar-refractivity contribution in [2.75, 3.05) is 26.7 Å². The van der Waals surface area contributed by atoms with E-state index in [4.69, 9.17) is 11.6 Å². The second-order valence-corrected chi connectivity index (χ2v) is 7.68. The van der Waals surface area contributed by atoms with Gasteiger partial charge in [0, 0.05) is 6.54 Å². The largest absolute Gasteiger partial charge is 0.465 e. The minimum absolute atomic E-state index is 0.000247. The Kier molecular flexibility index (Phi) is 6.41. The molecule has 6 nitrogen and oxygen atoms in total. The van der Waals surface area contributed by atoms with E-state index in [1.54, 1.807) is 0 Å². The van der Waals surface area contributed by atoms with E-state index in [-0.39, 0.29) is 15.5 Å². The summed E-state index contributed by atoms with van der Waals surface area (Å²) in [5.41, 5.74) is 0.213. The van der Waals surface area contributed by atoms with Crippen LogP contribution in [-0.2, 0) is 14.8 Å². The van der Waals surface area contributed by atoms with E-state index in [1.165, 1.54) is 25.3 Å². The van der Waals surface area contributed by atoms with Crippen molar-refractivity contribution in [2.24, 2.45) is 5.92 Å². The summed E-state index contributed by atoms with van der Waals surface area (Å²) in [7, 11) is -2.44. The van der Waals surface area contributed by atoms with Crippen LogP contribution in [0.5, 0.6) is 0 Å². The average molecular weight is 361 g/mol. The third kappa shape index (κ3) is 4.91. The van der Waals surface area contributed by atoms with Gasteiger partial charge in [-0.25, -0.2) is 17.9 Å². The molecule has 0 aliphatic carbocycles. The number of esters is 1. The molecule has 1 unspecified atom stereocenters. The number of hydrogen-bond acceptors (Lipinski definition) is 5. The molecule has 8 heteroatoms. The maximum absolute atomic E-state index is 12.3. The van der Waals surface area contributed by atoms with Crippen molar-refractivity contribution in [3.05, 3.63) is 28.8 Å². The van der Waals surface area contributed by atoms with Crippen molar-refractivity contribution < 1.29 is 17.9 Å². The molecule has 23 heavy (non-hydrogen) atoms. The quantitative estimate of drug-likeness (QED) is 0.755. The van der Waals surface area contributed by atoms with E-state index >= 15 is 0 Å². The molecule has 128 valence electrons. The highest BCUT2D eigenvalue weighted by molar-refractivity contribution is 7.89. The molecule has 1 aromatic carbocycles. The summed E-state index contributed by atoms with van der Waals surface area (Å²) in [6.07, 6.45) is 3.02. The van der Waals surface area contributed by atoms with Crippen molar-refractivity contribution in [3.8, 4) is 0 Å². The van der Waals surface area contributed by atoms with Crippen LogP contribution in [0.4, 0.5) is 0 Å². The fourth-order valence-electron chi connectivity index (χ4n) is 2.61. The number of ether oxygens (including phenoxy) is 1. The molecule has 2 N–H and O–H groups in total. The van der Waals surface area contributed by atoms with Crippen LogP contribution in [0, 0.1) is 5.92 Å². The molecule has 1 fully saturated rings. The van der Waals surface area contributed by atoms with Gasteiger partial charge in [0.1, 0.15) is 4.90 Å². The fourth-order valence-corrected chi connectivity index (χ4v) is 4.20. The highest BCUT2D eigenvalue weighted by Gasteiger charge is 2.20. The van der Waals surface area contributed by atoms with Crippen molar-refractivity contribution in [1.29, 1.82) is 0 Å². The van der Waals surface area contributed by atoms with Gasteiger partial charge in [0.05, 0.1) is 17.7 Å². The second-order valence-electron chi connectivity index (χ2n) is 5.54. The second kappa shape index (κ2) is 8.10. The van der Waals surface area contributed by atoms with Gasteiger partial charge in [-0.15, -0.1) is 0 Å². The van der Waals surface area contributed by atoms with E-state index in [0.717, 1.165) is 32.4 Å². The van der Waals surface area contributed by atoms with Crippen LogP contribution in [0.15, 0.2) is 23.1 Å². The highest BCUT2D eigenvalue weighted by atomic mass is 35.5. The summed E-state index contributed by atoms with van der Waals surface area (Å²) in [5.74, 6) is -0.0720. The highest BCUT2D eigenvalue weighted by Crippen LogP contribution is 2.23.